The van der Waals surface area contributed by atoms with E-state index >= 15 is 0 Å². The van der Waals surface area contributed by atoms with Gasteiger partial charge in [0, 0.05) is 5.41 Å². The maximum absolute atomic E-state index is 12.4. The molecular formula is C30H52O4. The van der Waals surface area contributed by atoms with E-state index in [2.05, 4.69) is 41.5 Å². The zero-order valence-corrected chi connectivity index (χ0v) is 22.7. The zero-order valence-electron chi connectivity index (χ0n) is 22.7. The summed E-state index contributed by atoms with van der Waals surface area (Å²) in [5.41, 5.74) is -0.884. The van der Waals surface area contributed by atoms with E-state index in [-0.39, 0.29) is 46.2 Å². The lowest BCUT2D eigenvalue weighted by molar-refractivity contribution is -0.222. The minimum absolute atomic E-state index is 0.0249. The average Bonchev–Trinajstić information content (AvgIpc) is 2.88. The van der Waals surface area contributed by atoms with Gasteiger partial charge in [-0.25, -0.2) is 0 Å². The molecule has 34 heavy (non-hydrogen) atoms. The van der Waals surface area contributed by atoms with E-state index in [1.165, 1.54) is 0 Å². The number of rotatable bonds is 1. The molecule has 0 aromatic heterocycles. The van der Waals surface area contributed by atoms with Gasteiger partial charge in [-0.3, -0.25) is 0 Å². The Hall–Kier alpha value is -0.160. The fourth-order valence-electron chi connectivity index (χ4n) is 11.8. The summed E-state index contributed by atoms with van der Waals surface area (Å²) < 4.78 is 0. The number of hydrogen-bond acceptors (Lipinski definition) is 4. The lowest BCUT2D eigenvalue weighted by Crippen LogP contribution is -2.63. The maximum Gasteiger partial charge on any atom is 0.0686 e. The van der Waals surface area contributed by atoms with Gasteiger partial charge in [-0.2, -0.15) is 0 Å². The third kappa shape index (κ3) is 3.16. The van der Waals surface area contributed by atoms with Crippen LogP contribution in [0.25, 0.3) is 0 Å². The predicted octanol–water partition coefficient (Wildman–Crippen LogP) is 5.31. The minimum Gasteiger partial charge on any atom is -0.396 e. The summed E-state index contributed by atoms with van der Waals surface area (Å²) in [5.74, 6) is 1.57. The molecule has 4 heteroatoms. The molecule has 0 unspecified atom stereocenters. The highest BCUT2D eigenvalue weighted by atomic mass is 16.3. The maximum atomic E-state index is 12.4. The quantitative estimate of drug-likeness (QED) is 0.414. The second kappa shape index (κ2) is 7.68. The first-order valence-electron chi connectivity index (χ1n) is 14.4. The molecule has 0 aliphatic heterocycles. The number of aliphatic hydroxyl groups is 4. The molecule has 5 saturated carbocycles. The standard InChI is InChI=1S/C30H52O4/c1-25(2)19-9-13-26(3)17-30(34)16-10-21-28(5,15-12-24(33)29(21,6)18-31)22(30)8-7-20(26)27(19,4)14-11-23(25)32/h19-24,31-34H,7-18H2,1-6H3/t19-,20-,21+,22+,23-,24-,26-,27-,28-,29+,30-/m0/s1. The van der Waals surface area contributed by atoms with Gasteiger partial charge in [0.05, 0.1) is 24.4 Å². The molecule has 5 fully saturated rings. The lowest BCUT2D eigenvalue weighted by atomic mass is 9.41. The molecule has 0 heterocycles. The van der Waals surface area contributed by atoms with E-state index in [4.69, 9.17) is 0 Å². The molecule has 196 valence electrons. The molecule has 5 rings (SSSR count). The van der Waals surface area contributed by atoms with Gasteiger partial charge in [0.2, 0.25) is 0 Å². The van der Waals surface area contributed by atoms with Crippen LogP contribution < -0.4 is 0 Å². The van der Waals surface area contributed by atoms with E-state index in [1.807, 2.05) is 0 Å². The first-order valence-corrected chi connectivity index (χ1v) is 14.4. The lowest BCUT2D eigenvalue weighted by Gasteiger charge is -2.65. The van der Waals surface area contributed by atoms with Gasteiger partial charge in [0.15, 0.2) is 0 Å². The largest absolute Gasteiger partial charge is 0.396 e. The number of fused-ring (bicyclic) bond motifs is 6. The van der Waals surface area contributed by atoms with Crippen LogP contribution in [-0.4, -0.2) is 44.8 Å². The van der Waals surface area contributed by atoms with Crippen LogP contribution in [0.15, 0.2) is 0 Å². The van der Waals surface area contributed by atoms with Gasteiger partial charge < -0.3 is 20.4 Å². The summed E-state index contributed by atoms with van der Waals surface area (Å²) in [6, 6.07) is 0. The van der Waals surface area contributed by atoms with E-state index in [0.717, 1.165) is 70.6 Å². The van der Waals surface area contributed by atoms with Crippen molar-refractivity contribution < 1.29 is 20.4 Å². The van der Waals surface area contributed by atoms with Crippen molar-refractivity contribution in [3.8, 4) is 0 Å². The average molecular weight is 477 g/mol. The Balaban J connectivity index is 1.52. The molecule has 0 radical (unpaired) electrons. The van der Waals surface area contributed by atoms with E-state index in [1.54, 1.807) is 0 Å². The van der Waals surface area contributed by atoms with Crippen molar-refractivity contribution >= 4 is 0 Å². The summed E-state index contributed by atoms with van der Waals surface area (Å²) in [6.07, 6.45) is 10.1. The van der Waals surface area contributed by atoms with Crippen molar-refractivity contribution in [3.05, 3.63) is 0 Å². The molecule has 0 saturated heterocycles. The minimum atomic E-state index is -0.652. The monoisotopic (exact) mass is 476 g/mol. The van der Waals surface area contributed by atoms with Crippen molar-refractivity contribution in [1.29, 1.82) is 0 Å². The number of hydrogen-bond donors (Lipinski definition) is 4. The van der Waals surface area contributed by atoms with Crippen molar-refractivity contribution in [2.24, 2.45) is 50.7 Å². The molecule has 5 aliphatic rings. The van der Waals surface area contributed by atoms with E-state index in [9.17, 15) is 20.4 Å². The summed E-state index contributed by atoms with van der Waals surface area (Å²) in [7, 11) is 0. The molecule has 0 aromatic carbocycles. The molecule has 0 bridgehead atoms. The third-order valence-corrected chi connectivity index (χ3v) is 13.6. The highest BCUT2D eigenvalue weighted by molar-refractivity contribution is 5.17. The molecule has 0 amide bonds. The van der Waals surface area contributed by atoms with Crippen LogP contribution in [-0.2, 0) is 0 Å². The summed E-state index contributed by atoms with van der Waals surface area (Å²) in [4.78, 5) is 0. The van der Waals surface area contributed by atoms with Crippen molar-refractivity contribution in [2.45, 2.75) is 130 Å². The van der Waals surface area contributed by atoms with Crippen molar-refractivity contribution in [3.63, 3.8) is 0 Å². The van der Waals surface area contributed by atoms with Gasteiger partial charge in [0.1, 0.15) is 0 Å². The topological polar surface area (TPSA) is 80.9 Å². The van der Waals surface area contributed by atoms with Gasteiger partial charge in [-0.1, -0.05) is 41.5 Å². The third-order valence-electron chi connectivity index (χ3n) is 13.6. The summed E-state index contributed by atoms with van der Waals surface area (Å²) in [6.45, 7) is 14.1. The zero-order chi connectivity index (χ0) is 24.9. The second-order valence-corrected chi connectivity index (χ2v) is 15.4. The van der Waals surface area contributed by atoms with Crippen LogP contribution >= 0.6 is 0 Å². The first kappa shape index (κ1) is 25.5. The molecule has 5 aliphatic carbocycles. The molecule has 4 nitrogen and oxygen atoms in total. The van der Waals surface area contributed by atoms with Gasteiger partial charge in [0.25, 0.3) is 0 Å². The number of aliphatic hydroxyl groups excluding tert-OH is 3. The predicted molar refractivity (Wildman–Crippen MR) is 135 cm³/mol. The van der Waals surface area contributed by atoms with Crippen LogP contribution in [0.2, 0.25) is 0 Å². The normalized spacial score (nSPS) is 59.1. The molecular weight excluding hydrogens is 424 g/mol. The highest BCUT2D eigenvalue weighted by Crippen LogP contribution is 2.71. The molecule has 11 atom stereocenters. The van der Waals surface area contributed by atoms with Crippen LogP contribution in [0.3, 0.4) is 0 Å². The van der Waals surface area contributed by atoms with Crippen molar-refractivity contribution in [1.82, 2.24) is 0 Å². The van der Waals surface area contributed by atoms with Crippen molar-refractivity contribution in [2.75, 3.05) is 6.61 Å². The Kier molecular flexibility index (Phi) is 5.76. The summed E-state index contributed by atoms with van der Waals surface area (Å²) in [5, 5.41) is 44.6. The Morgan fingerprint density at radius 3 is 1.82 bits per heavy atom. The highest BCUT2D eigenvalue weighted by Gasteiger charge is 2.67. The van der Waals surface area contributed by atoms with E-state index < -0.39 is 17.1 Å². The van der Waals surface area contributed by atoms with E-state index in [0.29, 0.717) is 11.8 Å². The Morgan fingerprint density at radius 2 is 1.18 bits per heavy atom. The molecule has 0 spiro atoms. The van der Waals surface area contributed by atoms with Crippen LogP contribution in [0.4, 0.5) is 0 Å². The Bertz CT molecular complexity index is 812. The second-order valence-electron chi connectivity index (χ2n) is 15.4. The smallest absolute Gasteiger partial charge is 0.0686 e. The van der Waals surface area contributed by atoms with Crippen LogP contribution in [0, 0.1) is 50.7 Å². The first-order chi connectivity index (χ1) is 15.7. The van der Waals surface area contributed by atoms with Gasteiger partial charge in [-0.05, 0) is 116 Å². The Morgan fingerprint density at radius 1 is 0.618 bits per heavy atom. The molecule has 0 aromatic rings. The summed E-state index contributed by atoms with van der Waals surface area (Å²) >= 11 is 0. The Labute approximate surface area is 207 Å². The fourth-order valence-corrected chi connectivity index (χ4v) is 11.8. The SMILES string of the molecule is CC1(C)[C@@H](O)CC[C@@]2(C)[C@H]1CC[C@@]1(C)C[C@@]3(O)CC[C@@H]4[C@](C)(CC[C@H](O)[C@]4(C)CO)[C@H]3CC[C@@H]12. The van der Waals surface area contributed by atoms with Gasteiger partial charge >= 0.3 is 0 Å². The van der Waals surface area contributed by atoms with Crippen LogP contribution in [0.5, 0.6) is 0 Å². The fraction of sp³-hybridized carbons (Fsp3) is 1.00. The van der Waals surface area contributed by atoms with Crippen LogP contribution in [0.1, 0.15) is 112 Å². The van der Waals surface area contributed by atoms with Gasteiger partial charge in [-0.15, -0.1) is 0 Å². The molecule has 4 N–H and O–H groups in total.